The second-order valence-electron chi connectivity index (χ2n) is 7.85. The highest BCUT2D eigenvalue weighted by atomic mass is 35.5. The van der Waals surface area contributed by atoms with Gasteiger partial charge in [0, 0.05) is 22.2 Å². The van der Waals surface area contributed by atoms with Crippen molar-refractivity contribution in [3.63, 3.8) is 0 Å². The van der Waals surface area contributed by atoms with Crippen LogP contribution in [0.5, 0.6) is 17.2 Å². The minimum absolute atomic E-state index is 0.120. The van der Waals surface area contributed by atoms with E-state index in [2.05, 4.69) is 0 Å². The lowest BCUT2D eigenvalue weighted by molar-refractivity contribution is -0.0165. The summed E-state index contributed by atoms with van der Waals surface area (Å²) in [7, 11) is 0. The summed E-state index contributed by atoms with van der Waals surface area (Å²) in [4.78, 5) is 25.7. The van der Waals surface area contributed by atoms with Crippen molar-refractivity contribution in [3.8, 4) is 17.2 Å². The Morgan fingerprint density at radius 2 is 1.91 bits per heavy atom. The van der Waals surface area contributed by atoms with Gasteiger partial charge in [-0.1, -0.05) is 29.8 Å². The Kier molecular flexibility index (Phi) is 5.40. The maximum Gasteiger partial charge on any atom is 0.343 e. The standard InChI is InChI=1S/C26H19ClO6/c1-14-5-3-4-6-20(14)26(29)32-19-7-15(2)23-21(11-19)33-22(24(23)28)10-16-8-18(27)9-17-12-30-13-31-25(16)17/h3-11H,12-13H2,1-2H3/b22-10-. The largest absolute Gasteiger partial charge is 0.467 e. The Balaban J connectivity index is 1.46. The summed E-state index contributed by atoms with van der Waals surface area (Å²) in [5.74, 6) is 0.635. The lowest BCUT2D eigenvalue weighted by Gasteiger charge is -2.20. The van der Waals surface area contributed by atoms with Gasteiger partial charge < -0.3 is 18.9 Å². The van der Waals surface area contributed by atoms with Crippen LogP contribution < -0.4 is 14.2 Å². The summed E-state index contributed by atoms with van der Waals surface area (Å²) < 4.78 is 22.4. The zero-order chi connectivity index (χ0) is 23.1. The van der Waals surface area contributed by atoms with E-state index in [1.165, 1.54) is 0 Å². The van der Waals surface area contributed by atoms with Crippen molar-refractivity contribution < 1.29 is 28.5 Å². The van der Waals surface area contributed by atoms with Gasteiger partial charge in [0.25, 0.3) is 0 Å². The van der Waals surface area contributed by atoms with E-state index in [0.29, 0.717) is 51.1 Å². The molecule has 0 aromatic heterocycles. The minimum Gasteiger partial charge on any atom is -0.467 e. The van der Waals surface area contributed by atoms with Crippen LogP contribution in [0, 0.1) is 13.8 Å². The predicted octanol–water partition coefficient (Wildman–Crippen LogP) is 5.66. The first-order valence-corrected chi connectivity index (χ1v) is 10.7. The molecule has 2 heterocycles. The first kappa shape index (κ1) is 21.2. The lowest BCUT2D eigenvalue weighted by Crippen LogP contribution is -2.12. The summed E-state index contributed by atoms with van der Waals surface area (Å²) in [6, 6.07) is 13.9. The van der Waals surface area contributed by atoms with Crippen molar-refractivity contribution in [1.29, 1.82) is 0 Å². The van der Waals surface area contributed by atoms with Gasteiger partial charge in [-0.05, 0) is 55.3 Å². The first-order chi connectivity index (χ1) is 15.9. The number of Topliss-reactive ketones (excluding diaryl/α,β-unsaturated/α-hetero) is 1. The van der Waals surface area contributed by atoms with Crippen molar-refractivity contribution in [1.82, 2.24) is 0 Å². The van der Waals surface area contributed by atoms with Crippen LogP contribution in [0.1, 0.15) is 43.0 Å². The third-order valence-electron chi connectivity index (χ3n) is 5.51. The van der Waals surface area contributed by atoms with Gasteiger partial charge in [0.05, 0.1) is 17.7 Å². The van der Waals surface area contributed by atoms with Gasteiger partial charge in [0.1, 0.15) is 17.2 Å². The van der Waals surface area contributed by atoms with Crippen LogP contribution in [0.15, 0.2) is 54.3 Å². The van der Waals surface area contributed by atoms with Crippen LogP contribution in [0.2, 0.25) is 5.02 Å². The Hall–Kier alpha value is -3.61. The molecule has 0 unspecified atom stereocenters. The number of ether oxygens (including phenoxy) is 4. The van der Waals surface area contributed by atoms with E-state index in [9.17, 15) is 9.59 Å². The summed E-state index contributed by atoms with van der Waals surface area (Å²) in [5.41, 5.74) is 3.78. The van der Waals surface area contributed by atoms with Gasteiger partial charge in [-0.15, -0.1) is 0 Å². The fraction of sp³-hybridized carbons (Fsp3) is 0.154. The number of fused-ring (bicyclic) bond motifs is 2. The number of ketones is 1. The number of allylic oxidation sites excluding steroid dienone is 1. The van der Waals surface area contributed by atoms with Crippen LogP contribution in [0.3, 0.4) is 0 Å². The molecule has 7 heteroatoms. The molecular formula is C26H19ClO6. The van der Waals surface area contributed by atoms with Gasteiger partial charge in [0.2, 0.25) is 5.78 Å². The molecule has 0 saturated carbocycles. The zero-order valence-corrected chi connectivity index (χ0v) is 18.7. The van der Waals surface area contributed by atoms with E-state index in [-0.39, 0.29) is 18.3 Å². The topological polar surface area (TPSA) is 71.1 Å². The van der Waals surface area contributed by atoms with Gasteiger partial charge >= 0.3 is 5.97 Å². The molecule has 0 saturated heterocycles. The van der Waals surface area contributed by atoms with E-state index in [1.54, 1.807) is 49.4 Å². The van der Waals surface area contributed by atoms with Gasteiger partial charge in [-0.3, -0.25) is 4.79 Å². The number of halogens is 1. The Morgan fingerprint density at radius 3 is 2.73 bits per heavy atom. The smallest absolute Gasteiger partial charge is 0.343 e. The molecule has 0 radical (unpaired) electrons. The number of esters is 1. The average molecular weight is 463 g/mol. The molecule has 0 spiro atoms. The zero-order valence-electron chi connectivity index (χ0n) is 17.9. The van der Waals surface area contributed by atoms with Crippen LogP contribution in [0.25, 0.3) is 6.08 Å². The van der Waals surface area contributed by atoms with E-state index in [1.807, 2.05) is 19.1 Å². The summed E-state index contributed by atoms with van der Waals surface area (Å²) >= 11 is 6.23. The molecule has 166 valence electrons. The van der Waals surface area contributed by atoms with Crippen LogP contribution in [-0.2, 0) is 11.3 Å². The van der Waals surface area contributed by atoms with Crippen LogP contribution in [0.4, 0.5) is 0 Å². The minimum atomic E-state index is -0.475. The molecule has 0 fully saturated rings. The number of benzene rings is 3. The first-order valence-electron chi connectivity index (χ1n) is 10.3. The summed E-state index contributed by atoms with van der Waals surface area (Å²) in [6.07, 6.45) is 1.61. The number of rotatable bonds is 3. The van der Waals surface area contributed by atoms with E-state index in [0.717, 1.165) is 11.1 Å². The molecule has 0 atom stereocenters. The number of carbonyl (C=O) groups is 2. The highest BCUT2D eigenvalue weighted by Gasteiger charge is 2.31. The second-order valence-corrected chi connectivity index (χ2v) is 8.29. The normalized spacial score (nSPS) is 15.5. The predicted molar refractivity (Wildman–Crippen MR) is 122 cm³/mol. The quantitative estimate of drug-likeness (QED) is 0.284. The van der Waals surface area contributed by atoms with E-state index < -0.39 is 5.97 Å². The Bertz CT molecular complexity index is 1340. The fourth-order valence-corrected chi connectivity index (χ4v) is 4.21. The number of hydrogen-bond acceptors (Lipinski definition) is 6. The van der Waals surface area contributed by atoms with Gasteiger partial charge in [-0.2, -0.15) is 0 Å². The summed E-state index contributed by atoms with van der Waals surface area (Å²) in [5, 5.41) is 0.499. The van der Waals surface area contributed by atoms with Crippen molar-refractivity contribution in [2.75, 3.05) is 6.79 Å². The number of hydrogen-bond donors (Lipinski definition) is 0. The van der Waals surface area contributed by atoms with E-state index in [4.69, 9.17) is 30.5 Å². The fourth-order valence-electron chi connectivity index (χ4n) is 3.96. The SMILES string of the molecule is Cc1ccccc1C(=O)Oc1cc(C)c2c(c1)O/C(=C\c1cc(Cl)cc3c1OCOC3)C2=O. The molecule has 3 aromatic carbocycles. The second kappa shape index (κ2) is 8.39. The molecule has 6 nitrogen and oxygen atoms in total. The van der Waals surface area contributed by atoms with Crippen LogP contribution >= 0.6 is 11.6 Å². The van der Waals surface area contributed by atoms with Gasteiger partial charge in [-0.25, -0.2) is 4.79 Å². The molecule has 5 rings (SSSR count). The molecule has 33 heavy (non-hydrogen) atoms. The van der Waals surface area contributed by atoms with Crippen molar-refractivity contribution >= 4 is 29.4 Å². The highest BCUT2D eigenvalue weighted by molar-refractivity contribution is 6.31. The van der Waals surface area contributed by atoms with E-state index >= 15 is 0 Å². The highest BCUT2D eigenvalue weighted by Crippen LogP contribution is 2.39. The number of aryl methyl sites for hydroxylation is 2. The maximum absolute atomic E-state index is 13.1. The molecule has 2 aliphatic rings. The molecule has 0 bridgehead atoms. The number of carbonyl (C=O) groups excluding carboxylic acids is 2. The average Bonchev–Trinajstić information content (AvgIpc) is 3.09. The molecule has 0 amide bonds. The summed E-state index contributed by atoms with van der Waals surface area (Å²) in [6.45, 7) is 4.11. The third-order valence-corrected chi connectivity index (χ3v) is 5.73. The van der Waals surface area contributed by atoms with Crippen molar-refractivity contribution in [2.24, 2.45) is 0 Å². The monoisotopic (exact) mass is 462 g/mol. The third kappa shape index (κ3) is 3.99. The lowest BCUT2D eigenvalue weighted by atomic mass is 10.0. The Morgan fingerprint density at radius 1 is 1.09 bits per heavy atom. The molecule has 0 aliphatic carbocycles. The van der Waals surface area contributed by atoms with Crippen LogP contribution in [-0.4, -0.2) is 18.5 Å². The van der Waals surface area contributed by atoms with Gasteiger partial charge in [0.15, 0.2) is 12.6 Å². The molecule has 3 aromatic rings. The molecular weight excluding hydrogens is 444 g/mol. The van der Waals surface area contributed by atoms with Crippen molar-refractivity contribution in [2.45, 2.75) is 20.5 Å². The maximum atomic E-state index is 13.1. The van der Waals surface area contributed by atoms with Crippen molar-refractivity contribution in [3.05, 3.63) is 92.7 Å². The molecule has 2 aliphatic heterocycles. The molecule has 0 N–H and O–H groups in total. The Labute approximate surface area is 195 Å².